The Kier molecular flexibility index (Phi) is 5.67. The number of hydrogen-bond acceptors (Lipinski definition) is 4. The lowest BCUT2D eigenvalue weighted by Crippen LogP contribution is -2.35. The molecule has 1 aromatic heterocycles. The third-order valence-electron chi connectivity index (χ3n) is 7.86. The van der Waals surface area contributed by atoms with Crippen LogP contribution in [-0.2, 0) is 5.75 Å². The van der Waals surface area contributed by atoms with Gasteiger partial charge in [-0.3, -0.25) is 4.79 Å². The summed E-state index contributed by atoms with van der Waals surface area (Å²) < 4.78 is 5.36. The topological polar surface area (TPSA) is 54.3 Å². The van der Waals surface area contributed by atoms with Gasteiger partial charge in [-0.25, -0.2) is 0 Å². The molecule has 33 heavy (non-hydrogen) atoms. The lowest BCUT2D eigenvalue weighted by atomic mass is 9.68. The number of benzene rings is 2. The molecule has 170 valence electrons. The molecule has 0 radical (unpaired) electrons. The van der Waals surface area contributed by atoms with Crippen LogP contribution in [0.15, 0.2) is 71.3 Å². The van der Waals surface area contributed by atoms with Crippen LogP contribution in [0.3, 0.4) is 0 Å². The van der Waals surface area contributed by atoms with Crippen LogP contribution in [0.25, 0.3) is 0 Å². The number of carbonyl (C=O) groups is 1. The molecule has 1 amide bonds. The van der Waals surface area contributed by atoms with E-state index >= 15 is 0 Å². The van der Waals surface area contributed by atoms with Gasteiger partial charge in [-0.2, -0.15) is 11.8 Å². The smallest absolute Gasteiger partial charge is 0.251 e. The Balaban J connectivity index is 1.17. The number of amides is 1. The summed E-state index contributed by atoms with van der Waals surface area (Å²) in [4.78, 5) is 12.9. The second kappa shape index (κ2) is 8.94. The van der Waals surface area contributed by atoms with Crippen LogP contribution in [-0.4, -0.2) is 18.2 Å². The molecule has 5 atom stereocenters. The molecular weight excluding hydrogens is 428 g/mol. The Hall–Kier alpha value is -2.66. The van der Waals surface area contributed by atoms with Gasteiger partial charge in [0.25, 0.3) is 5.91 Å². The molecule has 0 saturated heterocycles. The largest absolute Gasteiger partial charge is 0.468 e. The highest BCUT2D eigenvalue weighted by Crippen LogP contribution is 2.63. The van der Waals surface area contributed by atoms with Crippen molar-refractivity contribution in [2.45, 2.75) is 37.0 Å². The fraction of sp³-hybridized carbons (Fsp3) is 0.393. The third kappa shape index (κ3) is 3.97. The zero-order valence-corrected chi connectivity index (χ0v) is 19.5. The van der Waals surface area contributed by atoms with E-state index in [1.165, 1.54) is 36.1 Å². The van der Waals surface area contributed by atoms with E-state index in [-0.39, 0.29) is 5.91 Å². The van der Waals surface area contributed by atoms with E-state index in [0.717, 1.165) is 34.7 Å². The van der Waals surface area contributed by atoms with Gasteiger partial charge in [-0.15, -0.1) is 0 Å². The number of fused-ring (bicyclic) bond motifs is 7. The standard InChI is InChI=1S/C28H30N2O2S/c31-28(29-12-14-33-17-22-7-4-13-32-22)21-10-11-24-23(16-21)25-19-8-9-20(15-19)26(25)27(30-24)18-5-2-1-3-6-18/h1-7,10-11,13,16,19-20,25-27,30H,8-9,12,14-15,17H2,(H,29,31). The van der Waals surface area contributed by atoms with Gasteiger partial charge in [0, 0.05) is 23.5 Å². The van der Waals surface area contributed by atoms with Crippen LogP contribution in [0.4, 0.5) is 5.69 Å². The molecule has 2 N–H and O–H groups in total. The molecule has 2 fully saturated rings. The lowest BCUT2D eigenvalue weighted by molar-refractivity contribution is 0.0956. The Morgan fingerprint density at radius 3 is 2.79 bits per heavy atom. The highest BCUT2D eigenvalue weighted by Gasteiger charge is 2.53. The number of thioether (sulfide) groups is 1. The quantitative estimate of drug-likeness (QED) is 0.412. The monoisotopic (exact) mass is 458 g/mol. The molecule has 4 nitrogen and oxygen atoms in total. The maximum atomic E-state index is 12.9. The van der Waals surface area contributed by atoms with Gasteiger partial charge in [-0.05, 0) is 84.4 Å². The van der Waals surface area contributed by atoms with Crippen LogP contribution < -0.4 is 10.6 Å². The number of carbonyl (C=O) groups excluding carboxylic acids is 1. The first-order valence-corrected chi connectivity index (χ1v) is 13.3. The zero-order chi connectivity index (χ0) is 22.2. The van der Waals surface area contributed by atoms with E-state index in [4.69, 9.17) is 4.42 Å². The Morgan fingerprint density at radius 1 is 1.06 bits per heavy atom. The molecule has 1 aliphatic heterocycles. The Bertz CT molecular complexity index is 1110. The van der Waals surface area contributed by atoms with Crippen LogP contribution in [0, 0.1) is 17.8 Å². The van der Waals surface area contributed by atoms with E-state index in [9.17, 15) is 4.79 Å². The molecule has 5 heteroatoms. The minimum Gasteiger partial charge on any atom is -0.468 e. The van der Waals surface area contributed by atoms with Crippen LogP contribution in [0.1, 0.15) is 58.5 Å². The summed E-state index contributed by atoms with van der Waals surface area (Å²) in [7, 11) is 0. The van der Waals surface area contributed by atoms with Crippen molar-refractivity contribution in [2.75, 3.05) is 17.6 Å². The summed E-state index contributed by atoms with van der Waals surface area (Å²) in [6.07, 6.45) is 5.71. The number of hydrogen-bond donors (Lipinski definition) is 2. The highest BCUT2D eigenvalue weighted by atomic mass is 32.2. The molecule has 0 spiro atoms. The predicted octanol–water partition coefficient (Wildman–Crippen LogP) is 6.24. The van der Waals surface area contributed by atoms with E-state index in [1.807, 2.05) is 18.2 Å². The van der Waals surface area contributed by atoms with Crippen molar-refractivity contribution in [3.05, 3.63) is 89.4 Å². The molecule has 2 heterocycles. The summed E-state index contributed by atoms with van der Waals surface area (Å²) in [6, 6.07) is 21.5. The van der Waals surface area contributed by atoms with Crippen molar-refractivity contribution in [3.63, 3.8) is 0 Å². The molecule has 2 aromatic carbocycles. The fourth-order valence-electron chi connectivity index (χ4n) is 6.52. The molecule has 5 unspecified atom stereocenters. The van der Waals surface area contributed by atoms with E-state index in [2.05, 4.69) is 53.1 Å². The van der Waals surface area contributed by atoms with Gasteiger partial charge in [-0.1, -0.05) is 30.3 Å². The SMILES string of the molecule is O=C(NCCSCc1ccco1)c1ccc2c(c1)C1C3CCC(C3)C1C(c1ccccc1)N2. The number of anilines is 1. The van der Waals surface area contributed by atoms with E-state index in [1.54, 1.807) is 18.0 Å². The normalized spacial score (nSPS) is 27.0. The van der Waals surface area contributed by atoms with Crippen molar-refractivity contribution in [3.8, 4) is 0 Å². The second-order valence-corrected chi connectivity index (χ2v) is 10.8. The second-order valence-electron chi connectivity index (χ2n) is 9.66. The molecular formula is C28H30N2O2S. The first kappa shape index (κ1) is 20.9. The molecule has 2 bridgehead atoms. The minimum atomic E-state index is 0.0290. The van der Waals surface area contributed by atoms with E-state index < -0.39 is 0 Å². The number of furan rings is 1. The van der Waals surface area contributed by atoms with Gasteiger partial charge < -0.3 is 15.1 Å². The van der Waals surface area contributed by atoms with E-state index in [0.29, 0.717) is 24.4 Å². The molecule has 2 saturated carbocycles. The number of rotatable bonds is 7. The lowest BCUT2D eigenvalue weighted by Gasteiger charge is -2.43. The molecule has 2 aliphatic carbocycles. The average Bonchev–Trinajstić information content (AvgIpc) is 3.62. The number of nitrogens with one attached hydrogen (secondary N) is 2. The third-order valence-corrected chi connectivity index (χ3v) is 8.85. The van der Waals surface area contributed by atoms with Gasteiger partial charge in [0.05, 0.1) is 18.1 Å². The maximum Gasteiger partial charge on any atom is 0.251 e. The Morgan fingerprint density at radius 2 is 1.94 bits per heavy atom. The van der Waals surface area contributed by atoms with Crippen molar-refractivity contribution < 1.29 is 9.21 Å². The molecule has 6 rings (SSSR count). The summed E-state index contributed by atoms with van der Waals surface area (Å²) in [5.41, 5.74) is 4.74. The zero-order valence-electron chi connectivity index (χ0n) is 18.7. The minimum absolute atomic E-state index is 0.0290. The van der Waals surface area contributed by atoms with Crippen molar-refractivity contribution in [2.24, 2.45) is 17.8 Å². The average molecular weight is 459 g/mol. The summed E-state index contributed by atoms with van der Waals surface area (Å²) in [5.74, 6) is 5.42. The van der Waals surface area contributed by atoms with Crippen LogP contribution in [0.5, 0.6) is 0 Å². The fourth-order valence-corrected chi connectivity index (χ4v) is 7.28. The summed E-state index contributed by atoms with van der Waals surface area (Å²) in [5, 5.41) is 6.97. The summed E-state index contributed by atoms with van der Waals surface area (Å²) >= 11 is 1.77. The molecule has 3 aromatic rings. The Labute approximate surface area is 199 Å². The van der Waals surface area contributed by atoms with Crippen molar-refractivity contribution >= 4 is 23.4 Å². The van der Waals surface area contributed by atoms with Crippen molar-refractivity contribution in [1.82, 2.24) is 5.32 Å². The first-order valence-electron chi connectivity index (χ1n) is 12.1. The first-order chi connectivity index (χ1) is 16.3. The predicted molar refractivity (Wildman–Crippen MR) is 134 cm³/mol. The van der Waals surface area contributed by atoms with Gasteiger partial charge >= 0.3 is 0 Å². The van der Waals surface area contributed by atoms with Gasteiger partial charge in [0.1, 0.15) is 5.76 Å². The van der Waals surface area contributed by atoms with Gasteiger partial charge in [0.15, 0.2) is 0 Å². The highest BCUT2D eigenvalue weighted by molar-refractivity contribution is 7.98. The van der Waals surface area contributed by atoms with Crippen molar-refractivity contribution in [1.29, 1.82) is 0 Å². The maximum absolute atomic E-state index is 12.9. The van der Waals surface area contributed by atoms with Gasteiger partial charge in [0.2, 0.25) is 0 Å². The summed E-state index contributed by atoms with van der Waals surface area (Å²) in [6.45, 7) is 0.659. The molecule has 3 aliphatic rings. The van der Waals surface area contributed by atoms with Crippen LogP contribution in [0.2, 0.25) is 0 Å². The van der Waals surface area contributed by atoms with Crippen LogP contribution >= 0.6 is 11.8 Å².